The Morgan fingerprint density at radius 3 is 2.55 bits per heavy atom. The lowest BCUT2D eigenvalue weighted by Gasteiger charge is -2.38. The number of aromatic amines is 1. The molecule has 1 aromatic carbocycles. The Morgan fingerprint density at radius 2 is 1.87 bits per heavy atom. The maximum absolute atomic E-state index is 6.53. The number of fused-ring (bicyclic) bond motifs is 1. The average Bonchev–Trinajstić information content (AvgIpc) is 3.46. The van der Waals surface area contributed by atoms with Crippen LogP contribution in [0.5, 0.6) is 0 Å². The van der Waals surface area contributed by atoms with Crippen molar-refractivity contribution in [2.75, 3.05) is 0 Å². The van der Waals surface area contributed by atoms with Crippen molar-refractivity contribution in [3.8, 4) is 28.5 Å². The smallest absolute Gasteiger partial charge is 0.164 e. The lowest BCUT2D eigenvalue weighted by atomic mass is 9.73. The Balaban J connectivity index is 1.55. The second-order valence-electron chi connectivity index (χ2n) is 8.10. The minimum atomic E-state index is -0.183. The van der Waals surface area contributed by atoms with E-state index in [1.54, 1.807) is 18.6 Å². The molecule has 7 nitrogen and oxygen atoms in total. The van der Waals surface area contributed by atoms with Crippen LogP contribution in [0.2, 0.25) is 0 Å². The molecule has 0 amide bonds. The van der Waals surface area contributed by atoms with Crippen molar-refractivity contribution in [1.82, 2.24) is 29.7 Å². The number of nitrogens with zero attached hydrogens (tertiary/aromatic N) is 5. The summed E-state index contributed by atoms with van der Waals surface area (Å²) in [5.74, 6) is 0.625. The Hall–Kier alpha value is -3.84. The molecule has 0 spiro atoms. The van der Waals surface area contributed by atoms with E-state index < -0.39 is 0 Å². The summed E-state index contributed by atoms with van der Waals surface area (Å²) in [5, 5.41) is 7.80. The Morgan fingerprint density at radius 1 is 1.00 bits per heavy atom. The molecule has 6 rings (SSSR count). The minimum absolute atomic E-state index is 0.183. The number of nitrogens with one attached hydrogen (secondary N) is 1. The first-order valence-electron chi connectivity index (χ1n) is 10.4. The van der Waals surface area contributed by atoms with E-state index >= 15 is 0 Å². The zero-order valence-corrected chi connectivity index (χ0v) is 16.9. The zero-order chi connectivity index (χ0) is 20.8. The van der Waals surface area contributed by atoms with Gasteiger partial charge in [-0.25, -0.2) is 9.97 Å². The van der Waals surface area contributed by atoms with Crippen molar-refractivity contribution < 1.29 is 0 Å². The third-order valence-corrected chi connectivity index (χ3v) is 6.17. The van der Waals surface area contributed by atoms with Crippen molar-refractivity contribution in [2.45, 2.75) is 24.8 Å². The molecule has 0 atom stereocenters. The van der Waals surface area contributed by atoms with E-state index in [2.05, 4.69) is 55.1 Å². The van der Waals surface area contributed by atoms with Gasteiger partial charge in [-0.05, 0) is 55.2 Å². The SMILES string of the molecule is NC1(c2ccc(-n3c(-c4ccccn4)cc4cnc(-c5cn[nH]c5)nc43)cc2)CCC1. The second-order valence-corrected chi connectivity index (χ2v) is 8.10. The molecule has 0 unspecified atom stereocenters. The number of hydrogen-bond acceptors (Lipinski definition) is 5. The van der Waals surface area contributed by atoms with E-state index in [-0.39, 0.29) is 5.54 Å². The van der Waals surface area contributed by atoms with Crippen LogP contribution in [-0.4, -0.2) is 29.7 Å². The molecule has 5 aromatic rings. The van der Waals surface area contributed by atoms with Gasteiger partial charge in [0.2, 0.25) is 0 Å². The number of rotatable bonds is 4. The molecule has 0 radical (unpaired) electrons. The van der Waals surface area contributed by atoms with Gasteiger partial charge in [0.1, 0.15) is 5.65 Å². The van der Waals surface area contributed by atoms with Crippen molar-refractivity contribution in [3.63, 3.8) is 0 Å². The third kappa shape index (κ3) is 2.93. The average molecular weight is 407 g/mol. The first kappa shape index (κ1) is 18.0. The van der Waals surface area contributed by atoms with Gasteiger partial charge in [-0.1, -0.05) is 18.2 Å². The molecule has 1 aliphatic rings. The van der Waals surface area contributed by atoms with Crippen LogP contribution in [-0.2, 0) is 5.54 Å². The van der Waals surface area contributed by atoms with Gasteiger partial charge in [0, 0.05) is 35.2 Å². The monoisotopic (exact) mass is 407 g/mol. The largest absolute Gasteiger partial charge is 0.321 e. The molecule has 3 N–H and O–H groups in total. The first-order chi connectivity index (χ1) is 15.2. The predicted octanol–water partition coefficient (Wildman–Crippen LogP) is 4.21. The molecule has 31 heavy (non-hydrogen) atoms. The van der Waals surface area contributed by atoms with Crippen molar-refractivity contribution >= 4 is 11.0 Å². The van der Waals surface area contributed by atoms with Crippen LogP contribution in [0.15, 0.2) is 73.3 Å². The van der Waals surface area contributed by atoms with E-state index in [0.717, 1.165) is 46.5 Å². The van der Waals surface area contributed by atoms with Crippen molar-refractivity contribution in [2.24, 2.45) is 5.73 Å². The minimum Gasteiger partial charge on any atom is -0.321 e. The number of pyridine rings is 1. The summed E-state index contributed by atoms with van der Waals surface area (Å²) < 4.78 is 2.14. The fourth-order valence-corrected chi connectivity index (χ4v) is 4.25. The number of benzene rings is 1. The molecule has 4 heterocycles. The lowest BCUT2D eigenvalue weighted by Crippen LogP contribution is -2.43. The topological polar surface area (TPSA) is 98.3 Å². The summed E-state index contributed by atoms with van der Waals surface area (Å²) in [7, 11) is 0. The maximum atomic E-state index is 6.53. The molecular formula is C24H21N7. The first-order valence-corrected chi connectivity index (χ1v) is 10.4. The molecule has 0 aliphatic heterocycles. The standard InChI is InChI=1S/C24H21N7/c25-24(9-3-10-24)18-5-7-19(8-6-18)31-21(20-4-1-2-11-26-20)12-16-13-27-22(30-23(16)31)17-14-28-29-15-17/h1-2,4-8,11-15H,3,9-10,25H2,(H,28,29). The normalized spacial score (nSPS) is 15.1. The molecule has 1 fully saturated rings. The van der Waals surface area contributed by atoms with Crippen LogP contribution >= 0.6 is 0 Å². The second kappa shape index (κ2) is 6.85. The Kier molecular flexibility index (Phi) is 3.97. The molecule has 152 valence electrons. The Labute approximate surface area is 179 Å². The summed E-state index contributed by atoms with van der Waals surface area (Å²) >= 11 is 0. The highest BCUT2D eigenvalue weighted by atomic mass is 15.1. The van der Waals surface area contributed by atoms with Crippen LogP contribution in [0.3, 0.4) is 0 Å². The number of aromatic nitrogens is 6. The quantitative estimate of drug-likeness (QED) is 0.465. The van der Waals surface area contributed by atoms with Crippen LogP contribution in [0.1, 0.15) is 24.8 Å². The maximum Gasteiger partial charge on any atom is 0.164 e. The van der Waals surface area contributed by atoms with Gasteiger partial charge in [0.05, 0.1) is 23.1 Å². The van der Waals surface area contributed by atoms with Crippen molar-refractivity contribution in [3.05, 3.63) is 78.9 Å². The Bertz CT molecular complexity index is 1350. The molecule has 1 aliphatic carbocycles. The van der Waals surface area contributed by atoms with E-state index in [1.165, 1.54) is 12.0 Å². The van der Waals surface area contributed by atoms with Crippen LogP contribution < -0.4 is 5.73 Å². The molecule has 0 saturated heterocycles. The fraction of sp³-hybridized carbons (Fsp3) is 0.167. The number of H-pyrrole nitrogens is 1. The zero-order valence-electron chi connectivity index (χ0n) is 16.9. The van der Waals surface area contributed by atoms with E-state index in [0.29, 0.717) is 5.82 Å². The number of hydrogen-bond donors (Lipinski definition) is 2. The highest BCUT2D eigenvalue weighted by Gasteiger charge is 2.34. The van der Waals surface area contributed by atoms with Crippen molar-refractivity contribution in [1.29, 1.82) is 0 Å². The third-order valence-electron chi connectivity index (χ3n) is 6.17. The molecular weight excluding hydrogens is 386 g/mol. The summed E-state index contributed by atoms with van der Waals surface area (Å²) in [6, 6.07) is 16.5. The molecule has 7 heteroatoms. The van der Waals surface area contributed by atoms with Gasteiger partial charge in [-0.15, -0.1) is 0 Å². The molecule has 1 saturated carbocycles. The van der Waals surface area contributed by atoms with E-state index in [4.69, 9.17) is 10.7 Å². The van der Waals surface area contributed by atoms with Gasteiger partial charge in [0.15, 0.2) is 5.82 Å². The van der Waals surface area contributed by atoms with Gasteiger partial charge in [-0.3, -0.25) is 14.6 Å². The fourth-order valence-electron chi connectivity index (χ4n) is 4.25. The summed E-state index contributed by atoms with van der Waals surface area (Å²) in [5.41, 5.74) is 12.1. The van der Waals surface area contributed by atoms with Gasteiger partial charge in [-0.2, -0.15) is 5.10 Å². The molecule has 4 aromatic heterocycles. The van der Waals surface area contributed by atoms with Crippen LogP contribution in [0.25, 0.3) is 39.5 Å². The number of nitrogens with two attached hydrogens (primary N) is 1. The van der Waals surface area contributed by atoms with Crippen LogP contribution in [0, 0.1) is 0 Å². The predicted molar refractivity (Wildman–Crippen MR) is 119 cm³/mol. The van der Waals surface area contributed by atoms with Gasteiger partial charge < -0.3 is 5.73 Å². The summed E-state index contributed by atoms with van der Waals surface area (Å²) in [4.78, 5) is 14.0. The van der Waals surface area contributed by atoms with E-state index in [1.807, 2.05) is 24.4 Å². The summed E-state index contributed by atoms with van der Waals surface area (Å²) in [6.45, 7) is 0. The van der Waals surface area contributed by atoms with Gasteiger partial charge in [0.25, 0.3) is 0 Å². The summed E-state index contributed by atoms with van der Waals surface area (Å²) in [6.07, 6.45) is 10.4. The van der Waals surface area contributed by atoms with Crippen LogP contribution in [0.4, 0.5) is 0 Å². The highest BCUT2D eigenvalue weighted by Crippen LogP contribution is 2.39. The van der Waals surface area contributed by atoms with Gasteiger partial charge >= 0.3 is 0 Å². The lowest BCUT2D eigenvalue weighted by molar-refractivity contribution is 0.253. The molecule has 0 bridgehead atoms. The highest BCUT2D eigenvalue weighted by molar-refractivity contribution is 5.86. The van der Waals surface area contributed by atoms with E-state index in [9.17, 15) is 0 Å².